The molecule has 0 aliphatic carbocycles. The minimum Gasteiger partial charge on any atom is -0.449 e. The van der Waals surface area contributed by atoms with Crippen molar-refractivity contribution in [1.82, 2.24) is 0 Å². The van der Waals surface area contributed by atoms with Gasteiger partial charge in [0.25, 0.3) is 0 Å². The Kier molecular flexibility index (Phi) is 5.16. The molecule has 0 N–H and O–H groups in total. The number of carbonyl (C=O) groups excluding carboxylic acids is 2. The van der Waals surface area contributed by atoms with E-state index >= 15 is 0 Å². The molecule has 0 radical (unpaired) electrons. The second kappa shape index (κ2) is 6.40. The first-order chi connectivity index (χ1) is 8.08. The normalized spacial score (nSPS) is 11.9. The molecule has 0 aliphatic heterocycles. The molecule has 1 unspecified atom stereocenters. The van der Waals surface area contributed by atoms with Gasteiger partial charge in [-0.1, -0.05) is 37.6 Å². The largest absolute Gasteiger partial charge is 0.449 e. The number of rotatable bonds is 5. The summed E-state index contributed by atoms with van der Waals surface area (Å²) in [7, 11) is 0. The van der Waals surface area contributed by atoms with Crippen molar-refractivity contribution < 1.29 is 14.3 Å². The van der Waals surface area contributed by atoms with Gasteiger partial charge in [-0.2, -0.15) is 0 Å². The summed E-state index contributed by atoms with van der Waals surface area (Å²) >= 11 is 5.77. The molecule has 0 spiro atoms. The van der Waals surface area contributed by atoms with E-state index < -0.39 is 6.10 Å². The van der Waals surface area contributed by atoms with Crippen LogP contribution in [-0.2, 0) is 14.3 Å². The minimum atomic E-state index is -0.815. The first-order valence-corrected chi connectivity index (χ1v) is 5.94. The van der Waals surface area contributed by atoms with E-state index in [9.17, 15) is 9.59 Å². The molecule has 0 bridgehead atoms. The van der Waals surface area contributed by atoms with E-state index in [2.05, 4.69) is 0 Å². The number of Topliss-reactive ketones (excluding diaryl/α,β-unsaturated/α-hetero) is 1. The van der Waals surface area contributed by atoms with Gasteiger partial charge in [-0.25, -0.2) is 0 Å². The van der Waals surface area contributed by atoms with Gasteiger partial charge in [-0.15, -0.1) is 0 Å². The predicted molar refractivity (Wildman–Crippen MR) is 65.9 cm³/mol. The molecule has 0 heterocycles. The Morgan fingerprint density at radius 3 is 2.24 bits per heavy atom. The fraction of sp³-hybridized carbons (Fsp3) is 0.385. The highest BCUT2D eigenvalue weighted by atomic mass is 35.5. The summed E-state index contributed by atoms with van der Waals surface area (Å²) in [6.07, 6.45) is -0.240. The monoisotopic (exact) mass is 254 g/mol. The Morgan fingerprint density at radius 2 is 1.76 bits per heavy atom. The standard InChI is InChI=1S/C13H15ClO3/c1-3-11(15)13(17-12(16)4-2)9-5-7-10(14)8-6-9/h5-8,13H,3-4H2,1-2H3. The van der Waals surface area contributed by atoms with Crippen LogP contribution in [0.15, 0.2) is 24.3 Å². The molecule has 1 rings (SSSR count). The van der Waals surface area contributed by atoms with Crippen molar-refractivity contribution in [2.75, 3.05) is 0 Å². The number of carbonyl (C=O) groups is 2. The second-order valence-electron chi connectivity index (χ2n) is 3.59. The van der Waals surface area contributed by atoms with Crippen LogP contribution in [0.25, 0.3) is 0 Å². The predicted octanol–water partition coefficient (Wildman–Crippen LogP) is 3.31. The zero-order chi connectivity index (χ0) is 12.8. The van der Waals surface area contributed by atoms with Crippen molar-refractivity contribution in [2.24, 2.45) is 0 Å². The Labute approximate surface area is 106 Å². The van der Waals surface area contributed by atoms with Gasteiger partial charge in [0.15, 0.2) is 11.9 Å². The van der Waals surface area contributed by atoms with Crippen LogP contribution in [0.5, 0.6) is 0 Å². The van der Waals surface area contributed by atoms with Crippen molar-refractivity contribution in [3.05, 3.63) is 34.9 Å². The molecule has 0 aliphatic rings. The number of hydrogen-bond acceptors (Lipinski definition) is 3. The summed E-state index contributed by atoms with van der Waals surface area (Å²) in [5.74, 6) is -0.499. The number of esters is 1. The SMILES string of the molecule is CCC(=O)OC(C(=O)CC)c1ccc(Cl)cc1. The zero-order valence-corrected chi connectivity index (χ0v) is 10.7. The summed E-state index contributed by atoms with van der Waals surface area (Å²) in [5.41, 5.74) is 0.656. The van der Waals surface area contributed by atoms with Gasteiger partial charge >= 0.3 is 5.97 Å². The van der Waals surface area contributed by atoms with Gasteiger partial charge in [0, 0.05) is 23.4 Å². The van der Waals surface area contributed by atoms with Crippen LogP contribution in [-0.4, -0.2) is 11.8 Å². The topological polar surface area (TPSA) is 43.4 Å². The van der Waals surface area contributed by atoms with Crippen molar-refractivity contribution in [2.45, 2.75) is 32.8 Å². The summed E-state index contributed by atoms with van der Waals surface area (Å²) in [6, 6.07) is 6.74. The summed E-state index contributed by atoms with van der Waals surface area (Å²) < 4.78 is 5.15. The van der Waals surface area contributed by atoms with Crippen LogP contribution in [0.3, 0.4) is 0 Å². The van der Waals surface area contributed by atoms with E-state index in [4.69, 9.17) is 16.3 Å². The van der Waals surface area contributed by atoms with E-state index in [1.807, 2.05) is 0 Å². The molecular weight excluding hydrogens is 240 g/mol. The molecule has 3 nitrogen and oxygen atoms in total. The lowest BCUT2D eigenvalue weighted by Gasteiger charge is -2.16. The number of hydrogen-bond donors (Lipinski definition) is 0. The molecule has 0 amide bonds. The summed E-state index contributed by atoms with van der Waals surface area (Å²) in [6.45, 7) is 3.43. The molecule has 0 saturated heterocycles. The van der Waals surface area contributed by atoms with Gasteiger partial charge in [0.2, 0.25) is 0 Å². The number of ether oxygens (including phenoxy) is 1. The number of ketones is 1. The smallest absolute Gasteiger partial charge is 0.306 e. The lowest BCUT2D eigenvalue weighted by Crippen LogP contribution is -2.18. The average Bonchev–Trinajstić information content (AvgIpc) is 2.36. The van der Waals surface area contributed by atoms with E-state index in [1.54, 1.807) is 38.1 Å². The van der Waals surface area contributed by atoms with Gasteiger partial charge in [0.05, 0.1) is 0 Å². The molecule has 92 valence electrons. The van der Waals surface area contributed by atoms with Crippen LogP contribution < -0.4 is 0 Å². The van der Waals surface area contributed by atoms with Gasteiger partial charge in [0.1, 0.15) is 0 Å². The third kappa shape index (κ3) is 3.86. The van der Waals surface area contributed by atoms with E-state index in [-0.39, 0.29) is 18.2 Å². The molecule has 17 heavy (non-hydrogen) atoms. The minimum absolute atomic E-state index is 0.117. The quantitative estimate of drug-likeness (QED) is 0.757. The second-order valence-corrected chi connectivity index (χ2v) is 4.03. The van der Waals surface area contributed by atoms with Crippen molar-refractivity contribution in [3.8, 4) is 0 Å². The first-order valence-electron chi connectivity index (χ1n) is 5.56. The first kappa shape index (κ1) is 13.7. The third-order valence-corrected chi connectivity index (χ3v) is 2.60. The molecule has 0 fully saturated rings. The Morgan fingerprint density at radius 1 is 1.18 bits per heavy atom. The Hall–Kier alpha value is -1.35. The zero-order valence-electron chi connectivity index (χ0n) is 9.90. The molecular formula is C13H15ClO3. The maximum Gasteiger partial charge on any atom is 0.306 e. The lowest BCUT2D eigenvalue weighted by atomic mass is 10.0. The highest BCUT2D eigenvalue weighted by Crippen LogP contribution is 2.22. The Balaban J connectivity index is 2.93. The van der Waals surface area contributed by atoms with E-state index in [0.29, 0.717) is 17.0 Å². The maximum atomic E-state index is 11.7. The molecule has 4 heteroatoms. The van der Waals surface area contributed by atoms with Crippen LogP contribution in [0, 0.1) is 0 Å². The van der Waals surface area contributed by atoms with Crippen LogP contribution in [0.1, 0.15) is 38.4 Å². The van der Waals surface area contributed by atoms with Crippen molar-refractivity contribution >= 4 is 23.4 Å². The van der Waals surface area contributed by atoms with Crippen LogP contribution in [0.2, 0.25) is 5.02 Å². The van der Waals surface area contributed by atoms with E-state index in [1.165, 1.54) is 0 Å². The van der Waals surface area contributed by atoms with Crippen molar-refractivity contribution in [3.63, 3.8) is 0 Å². The summed E-state index contributed by atoms with van der Waals surface area (Å²) in [4.78, 5) is 23.0. The third-order valence-electron chi connectivity index (χ3n) is 2.35. The van der Waals surface area contributed by atoms with Gasteiger partial charge < -0.3 is 4.74 Å². The Bertz CT molecular complexity index is 398. The molecule has 0 aromatic heterocycles. The molecule has 0 saturated carbocycles. The molecule has 1 aromatic carbocycles. The average molecular weight is 255 g/mol. The van der Waals surface area contributed by atoms with Gasteiger partial charge in [-0.3, -0.25) is 9.59 Å². The molecule has 1 aromatic rings. The maximum absolute atomic E-state index is 11.7. The van der Waals surface area contributed by atoms with Crippen LogP contribution in [0.4, 0.5) is 0 Å². The molecule has 1 atom stereocenters. The van der Waals surface area contributed by atoms with E-state index in [0.717, 1.165) is 0 Å². The highest BCUT2D eigenvalue weighted by Gasteiger charge is 2.22. The van der Waals surface area contributed by atoms with Crippen LogP contribution >= 0.6 is 11.6 Å². The fourth-order valence-electron chi connectivity index (χ4n) is 1.36. The fourth-order valence-corrected chi connectivity index (χ4v) is 1.48. The van der Waals surface area contributed by atoms with Gasteiger partial charge in [-0.05, 0) is 12.1 Å². The lowest BCUT2D eigenvalue weighted by molar-refractivity contribution is -0.155. The van der Waals surface area contributed by atoms with Crippen molar-refractivity contribution in [1.29, 1.82) is 0 Å². The number of halogens is 1. The number of benzene rings is 1. The summed E-state index contributed by atoms with van der Waals surface area (Å²) in [5, 5.41) is 0.582. The highest BCUT2D eigenvalue weighted by molar-refractivity contribution is 6.30.